The quantitative estimate of drug-likeness (QED) is 0.681. The highest BCUT2D eigenvalue weighted by molar-refractivity contribution is 5.20. The topological polar surface area (TPSA) is 40.5 Å². The van der Waals surface area contributed by atoms with Crippen LogP contribution in [0.3, 0.4) is 0 Å². The van der Waals surface area contributed by atoms with E-state index in [-0.39, 0.29) is 0 Å². The highest BCUT2D eigenvalue weighted by Gasteiger charge is 2.71. The van der Waals surface area contributed by atoms with E-state index in [9.17, 15) is 10.2 Å². The van der Waals surface area contributed by atoms with Gasteiger partial charge < -0.3 is 10.2 Å². The molecule has 3 saturated carbocycles. The standard InChI is InChI=1S/C15H26O2/c1-9-5-8-15(17)11(9)12-10(13(12,2)3)6-7-14(15,4)16/h9-12,16-17H,5-8H2,1-4H3/t9-,10-,11+,12-,14-,15+/m1/s1. The van der Waals surface area contributed by atoms with Crippen molar-refractivity contribution in [3.63, 3.8) is 0 Å². The molecule has 0 aromatic heterocycles. The van der Waals surface area contributed by atoms with E-state index in [1.165, 1.54) is 0 Å². The SMILES string of the molecule is C[C@@H]1CC[C@]2(O)[C@@H]1[C@H]1[C@@H](CC[C@@]2(C)O)C1(C)C. The van der Waals surface area contributed by atoms with Crippen molar-refractivity contribution < 1.29 is 10.2 Å². The van der Waals surface area contributed by atoms with Crippen LogP contribution in [0, 0.1) is 29.1 Å². The van der Waals surface area contributed by atoms with Crippen molar-refractivity contribution in [1.29, 1.82) is 0 Å². The first-order chi connectivity index (χ1) is 7.72. The average molecular weight is 238 g/mol. The second kappa shape index (κ2) is 3.08. The zero-order valence-corrected chi connectivity index (χ0v) is 11.5. The number of aliphatic hydroxyl groups is 2. The maximum atomic E-state index is 11.1. The van der Waals surface area contributed by atoms with Crippen LogP contribution in [-0.2, 0) is 0 Å². The van der Waals surface area contributed by atoms with Crippen LogP contribution in [0.25, 0.3) is 0 Å². The first kappa shape index (κ1) is 12.0. The van der Waals surface area contributed by atoms with Gasteiger partial charge in [-0.05, 0) is 61.7 Å². The van der Waals surface area contributed by atoms with Gasteiger partial charge in [-0.3, -0.25) is 0 Å². The molecule has 0 saturated heterocycles. The zero-order valence-electron chi connectivity index (χ0n) is 11.5. The summed E-state index contributed by atoms with van der Waals surface area (Å²) in [6, 6.07) is 0. The molecule has 0 aromatic carbocycles. The van der Waals surface area contributed by atoms with Crippen LogP contribution in [0.5, 0.6) is 0 Å². The molecule has 0 heterocycles. The fraction of sp³-hybridized carbons (Fsp3) is 1.00. The molecule has 3 fully saturated rings. The minimum absolute atomic E-state index is 0.306. The molecule has 0 spiro atoms. The number of hydrogen-bond acceptors (Lipinski definition) is 2. The predicted octanol–water partition coefficient (Wildman–Crippen LogP) is 2.58. The normalized spacial score (nSPS) is 60.4. The van der Waals surface area contributed by atoms with Crippen LogP contribution in [0.15, 0.2) is 0 Å². The lowest BCUT2D eigenvalue weighted by molar-refractivity contribution is -0.170. The van der Waals surface area contributed by atoms with Crippen LogP contribution < -0.4 is 0 Å². The number of fused-ring (bicyclic) bond motifs is 3. The Morgan fingerprint density at radius 3 is 2.24 bits per heavy atom. The molecule has 17 heavy (non-hydrogen) atoms. The Kier molecular flexibility index (Phi) is 2.17. The average Bonchev–Trinajstić information content (AvgIpc) is 2.62. The molecular formula is C15H26O2. The fourth-order valence-electron chi connectivity index (χ4n) is 5.25. The molecule has 98 valence electrons. The summed E-state index contributed by atoms with van der Waals surface area (Å²) < 4.78 is 0. The van der Waals surface area contributed by atoms with Gasteiger partial charge in [-0.2, -0.15) is 0 Å². The monoisotopic (exact) mass is 238 g/mol. The Labute approximate surface area is 104 Å². The predicted molar refractivity (Wildman–Crippen MR) is 67.5 cm³/mol. The van der Waals surface area contributed by atoms with Gasteiger partial charge in [-0.25, -0.2) is 0 Å². The van der Waals surface area contributed by atoms with Gasteiger partial charge >= 0.3 is 0 Å². The third-order valence-electron chi connectivity index (χ3n) is 6.55. The Balaban J connectivity index is 2.03. The van der Waals surface area contributed by atoms with E-state index < -0.39 is 11.2 Å². The minimum atomic E-state index is -0.883. The minimum Gasteiger partial charge on any atom is -0.387 e. The second-order valence-electron chi connectivity index (χ2n) is 7.73. The maximum absolute atomic E-state index is 11.1. The summed E-state index contributed by atoms with van der Waals surface area (Å²) in [7, 11) is 0. The van der Waals surface area contributed by atoms with Crippen LogP contribution >= 0.6 is 0 Å². The van der Waals surface area contributed by atoms with Crippen molar-refractivity contribution in [2.45, 2.75) is 64.6 Å². The highest BCUT2D eigenvalue weighted by Crippen LogP contribution is 2.72. The summed E-state index contributed by atoms with van der Waals surface area (Å²) in [4.78, 5) is 0. The number of rotatable bonds is 0. The third kappa shape index (κ3) is 1.29. The molecule has 6 atom stereocenters. The maximum Gasteiger partial charge on any atom is 0.0964 e. The van der Waals surface area contributed by atoms with E-state index >= 15 is 0 Å². The van der Waals surface area contributed by atoms with Gasteiger partial charge in [0.2, 0.25) is 0 Å². The fourth-order valence-corrected chi connectivity index (χ4v) is 5.25. The van der Waals surface area contributed by atoms with Gasteiger partial charge in [0, 0.05) is 0 Å². The molecule has 3 aliphatic carbocycles. The Hall–Kier alpha value is -0.0800. The van der Waals surface area contributed by atoms with Gasteiger partial charge in [0.1, 0.15) is 0 Å². The molecule has 0 bridgehead atoms. The van der Waals surface area contributed by atoms with E-state index in [2.05, 4.69) is 20.8 Å². The van der Waals surface area contributed by atoms with Crippen LogP contribution in [0.1, 0.15) is 53.4 Å². The molecule has 0 aliphatic heterocycles. The zero-order chi connectivity index (χ0) is 12.6. The van der Waals surface area contributed by atoms with Crippen LogP contribution in [0.2, 0.25) is 0 Å². The van der Waals surface area contributed by atoms with Gasteiger partial charge in [-0.15, -0.1) is 0 Å². The van der Waals surface area contributed by atoms with Crippen molar-refractivity contribution in [3.8, 4) is 0 Å². The second-order valence-corrected chi connectivity index (χ2v) is 7.73. The Morgan fingerprint density at radius 2 is 1.59 bits per heavy atom. The Morgan fingerprint density at radius 1 is 0.941 bits per heavy atom. The van der Waals surface area contributed by atoms with E-state index in [0.29, 0.717) is 29.1 Å². The molecule has 0 unspecified atom stereocenters. The summed E-state index contributed by atoms with van der Waals surface area (Å²) in [5.41, 5.74) is -1.33. The van der Waals surface area contributed by atoms with Gasteiger partial charge in [0.15, 0.2) is 0 Å². The molecular weight excluding hydrogens is 212 g/mol. The first-order valence-electron chi connectivity index (χ1n) is 7.16. The summed E-state index contributed by atoms with van der Waals surface area (Å²) in [6.45, 7) is 8.80. The molecule has 2 N–H and O–H groups in total. The molecule has 2 nitrogen and oxygen atoms in total. The van der Waals surface area contributed by atoms with E-state index in [0.717, 1.165) is 25.7 Å². The van der Waals surface area contributed by atoms with Crippen molar-refractivity contribution >= 4 is 0 Å². The molecule has 3 aliphatic rings. The van der Waals surface area contributed by atoms with Crippen molar-refractivity contribution in [2.75, 3.05) is 0 Å². The number of hydrogen-bond donors (Lipinski definition) is 2. The summed E-state index contributed by atoms with van der Waals surface area (Å²) >= 11 is 0. The molecule has 2 heteroatoms. The van der Waals surface area contributed by atoms with Gasteiger partial charge in [-0.1, -0.05) is 20.8 Å². The van der Waals surface area contributed by atoms with Gasteiger partial charge in [0.05, 0.1) is 11.2 Å². The smallest absolute Gasteiger partial charge is 0.0964 e. The third-order valence-corrected chi connectivity index (χ3v) is 6.55. The van der Waals surface area contributed by atoms with E-state index in [4.69, 9.17) is 0 Å². The van der Waals surface area contributed by atoms with Crippen LogP contribution in [-0.4, -0.2) is 21.4 Å². The van der Waals surface area contributed by atoms with E-state index in [1.807, 2.05) is 6.92 Å². The summed E-state index contributed by atoms with van der Waals surface area (Å²) in [5.74, 6) is 2.20. The van der Waals surface area contributed by atoms with E-state index in [1.54, 1.807) is 0 Å². The van der Waals surface area contributed by atoms with Crippen molar-refractivity contribution in [2.24, 2.45) is 29.1 Å². The lowest BCUT2D eigenvalue weighted by atomic mass is 9.71. The van der Waals surface area contributed by atoms with Crippen LogP contribution in [0.4, 0.5) is 0 Å². The summed E-state index contributed by atoms with van der Waals surface area (Å²) in [6.07, 6.45) is 3.69. The van der Waals surface area contributed by atoms with Crippen molar-refractivity contribution in [1.82, 2.24) is 0 Å². The largest absolute Gasteiger partial charge is 0.387 e. The molecule has 0 amide bonds. The first-order valence-corrected chi connectivity index (χ1v) is 7.16. The molecule has 0 radical (unpaired) electrons. The highest BCUT2D eigenvalue weighted by atomic mass is 16.4. The molecule has 3 rings (SSSR count). The lowest BCUT2D eigenvalue weighted by Gasteiger charge is -2.43. The van der Waals surface area contributed by atoms with Gasteiger partial charge in [0.25, 0.3) is 0 Å². The lowest BCUT2D eigenvalue weighted by Crippen LogP contribution is -2.55. The summed E-state index contributed by atoms with van der Waals surface area (Å²) in [5, 5.41) is 21.7. The molecule has 0 aromatic rings. The Bertz CT molecular complexity index is 347. The van der Waals surface area contributed by atoms with Crippen molar-refractivity contribution in [3.05, 3.63) is 0 Å².